The maximum Gasteiger partial charge on any atom is 0.408 e. The van der Waals surface area contributed by atoms with Crippen LogP contribution in [0.5, 0.6) is 5.75 Å². The second kappa shape index (κ2) is 15.3. The lowest BCUT2D eigenvalue weighted by Gasteiger charge is -2.34. The van der Waals surface area contributed by atoms with Gasteiger partial charge < -0.3 is 25.4 Å². The molecule has 2 atom stereocenters. The number of hydrogen-bond acceptors (Lipinski definition) is 5. The van der Waals surface area contributed by atoms with Gasteiger partial charge in [-0.25, -0.2) is 4.79 Å². The molecule has 1 aromatic rings. The van der Waals surface area contributed by atoms with Crippen LogP contribution >= 0.6 is 0 Å². The molecule has 0 saturated heterocycles. The van der Waals surface area contributed by atoms with Gasteiger partial charge in [-0.15, -0.1) is 0 Å². The average molecular weight is 492 g/mol. The normalized spacial score (nSPS) is 13.0. The lowest BCUT2D eigenvalue weighted by atomic mass is 10.0. The minimum atomic E-state index is -0.930. The highest BCUT2D eigenvalue weighted by Gasteiger charge is 2.34. The lowest BCUT2D eigenvalue weighted by Crippen LogP contribution is -2.52. The van der Waals surface area contributed by atoms with Gasteiger partial charge in [-0.3, -0.25) is 9.59 Å². The molecule has 0 saturated carbocycles. The fraction of sp³-hybridized carbons (Fsp3) is 0.667. The molecular weight excluding hydrogens is 446 g/mol. The SMILES string of the molecule is CCCCCCN(C(=O)C(C)NC(=O)OC(C)(C)C)C(C(=O)NCCCCC)c1cccc(O)c1. The van der Waals surface area contributed by atoms with Gasteiger partial charge in [-0.2, -0.15) is 0 Å². The van der Waals surface area contributed by atoms with Crippen LogP contribution in [0, 0.1) is 0 Å². The van der Waals surface area contributed by atoms with E-state index >= 15 is 0 Å². The zero-order valence-electron chi connectivity index (χ0n) is 22.4. The second-order valence-electron chi connectivity index (χ2n) is 9.96. The van der Waals surface area contributed by atoms with Crippen LogP contribution in [0.15, 0.2) is 24.3 Å². The molecular formula is C27H45N3O5. The fourth-order valence-electron chi connectivity index (χ4n) is 3.72. The van der Waals surface area contributed by atoms with E-state index in [0.717, 1.165) is 44.9 Å². The van der Waals surface area contributed by atoms with Gasteiger partial charge in [-0.05, 0) is 58.2 Å². The third kappa shape index (κ3) is 11.5. The number of aromatic hydroxyl groups is 1. The minimum absolute atomic E-state index is 0.0181. The number of ether oxygens (including phenoxy) is 1. The zero-order chi connectivity index (χ0) is 26.4. The Morgan fingerprint density at radius 2 is 1.69 bits per heavy atom. The van der Waals surface area contributed by atoms with Crippen LogP contribution in [0.1, 0.15) is 98.1 Å². The van der Waals surface area contributed by atoms with Gasteiger partial charge in [0.2, 0.25) is 11.8 Å². The maximum absolute atomic E-state index is 13.6. The first-order chi connectivity index (χ1) is 16.5. The molecule has 0 spiro atoms. The summed E-state index contributed by atoms with van der Waals surface area (Å²) < 4.78 is 5.30. The molecule has 2 unspecified atom stereocenters. The number of phenols is 1. The van der Waals surface area contributed by atoms with Crippen LogP contribution in [-0.4, -0.2) is 52.6 Å². The third-order valence-corrected chi connectivity index (χ3v) is 5.46. The molecule has 0 heterocycles. The lowest BCUT2D eigenvalue weighted by molar-refractivity contribution is -0.142. The summed E-state index contributed by atoms with van der Waals surface area (Å²) in [6.07, 6.45) is 5.87. The molecule has 8 heteroatoms. The number of carbonyl (C=O) groups is 3. The summed E-state index contributed by atoms with van der Waals surface area (Å²) >= 11 is 0. The van der Waals surface area contributed by atoms with Crippen LogP contribution in [0.2, 0.25) is 0 Å². The molecule has 0 fully saturated rings. The van der Waals surface area contributed by atoms with Crippen molar-refractivity contribution in [1.29, 1.82) is 0 Å². The van der Waals surface area contributed by atoms with Gasteiger partial charge in [0, 0.05) is 13.1 Å². The second-order valence-corrected chi connectivity index (χ2v) is 9.96. The monoisotopic (exact) mass is 491 g/mol. The van der Waals surface area contributed by atoms with Crippen LogP contribution in [0.3, 0.4) is 0 Å². The van der Waals surface area contributed by atoms with Crippen molar-refractivity contribution in [2.24, 2.45) is 0 Å². The predicted octanol–water partition coefficient (Wildman–Crippen LogP) is 5.06. The number of nitrogens with zero attached hydrogens (tertiary/aromatic N) is 1. The van der Waals surface area contributed by atoms with E-state index in [9.17, 15) is 19.5 Å². The molecule has 3 N–H and O–H groups in total. The summed E-state index contributed by atoms with van der Waals surface area (Å²) in [5.41, 5.74) is -0.180. The van der Waals surface area contributed by atoms with Gasteiger partial charge >= 0.3 is 6.09 Å². The fourth-order valence-corrected chi connectivity index (χ4v) is 3.72. The Morgan fingerprint density at radius 1 is 1.03 bits per heavy atom. The number of hydrogen-bond donors (Lipinski definition) is 3. The Kier molecular flexibility index (Phi) is 13.2. The third-order valence-electron chi connectivity index (χ3n) is 5.46. The highest BCUT2D eigenvalue weighted by Crippen LogP contribution is 2.26. The summed E-state index contributed by atoms with van der Waals surface area (Å²) in [6, 6.07) is 4.59. The molecule has 0 radical (unpaired) electrons. The number of unbranched alkanes of at least 4 members (excludes halogenated alkanes) is 5. The number of rotatable bonds is 14. The first-order valence-electron chi connectivity index (χ1n) is 12.9. The highest BCUT2D eigenvalue weighted by molar-refractivity contribution is 5.92. The smallest absolute Gasteiger partial charge is 0.408 e. The number of carbonyl (C=O) groups excluding carboxylic acids is 3. The number of alkyl carbamates (subject to hydrolysis) is 1. The maximum atomic E-state index is 13.6. The van der Waals surface area contributed by atoms with E-state index in [1.165, 1.54) is 17.0 Å². The highest BCUT2D eigenvalue weighted by atomic mass is 16.6. The molecule has 0 aliphatic rings. The van der Waals surface area contributed by atoms with E-state index in [2.05, 4.69) is 24.5 Å². The van der Waals surface area contributed by atoms with E-state index in [1.54, 1.807) is 39.8 Å². The van der Waals surface area contributed by atoms with Crippen molar-refractivity contribution in [3.05, 3.63) is 29.8 Å². The molecule has 1 rings (SSSR count). The Hall–Kier alpha value is -2.77. The molecule has 0 aromatic heterocycles. The average Bonchev–Trinajstić information content (AvgIpc) is 2.76. The molecule has 8 nitrogen and oxygen atoms in total. The summed E-state index contributed by atoms with van der Waals surface area (Å²) in [7, 11) is 0. The van der Waals surface area contributed by atoms with Gasteiger partial charge in [0.15, 0.2) is 0 Å². The molecule has 3 amide bonds. The number of phenolic OH excluding ortho intramolecular Hbond substituents is 1. The van der Waals surface area contributed by atoms with Gasteiger partial charge in [-0.1, -0.05) is 58.1 Å². The van der Waals surface area contributed by atoms with E-state index in [4.69, 9.17) is 4.74 Å². The quantitative estimate of drug-likeness (QED) is 0.315. The Labute approximate surface area is 210 Å². The van der Waals surface area contributed by atoms with Crippen molar-refractivity contribution in [2.45, 2.75) is 104 Å². The standard InChI is InChI=1S/C27H45N3O5/c1-7-9-11-13-18-30(25(33)20(3)29-26(34)35-27(4,5)6)23(21-15-14-16-22(31)19-21)24(32)28-17-12-10-8-2/h14-16,19-20,23,31H,7-13,17-18H2,1-6H3,(H,28,32)(H,29,34). The van der Waals surface area contributed by atoms with Crippen LogP contribution in [0.25, 0.3) is 0 Å². The summed E-state index contributed by atoms with van der Waals surface area (Å²) in [5, 5.41) is 15.6. The van der Waals surface area contributed by atoms with Crippen molar-refractivity contribution < 1.29 is 24.2 Å². The van der Waals surface area contributed by atoms with Crippen molar-refractivity contribution >= 4 is 17.9 Å². The molecule has 0 bridgehead atoms. The van der Waals surface area contributed by atoms with Crippen molar-refractivity contribution in [3.8, 4) is 5.75 Å². The van der Waals surface area contributed by atoms with Crippen LogP contribution in [-0.2, 0) is 14.3 Å². The summed E-state index contributed by atoms with van der Waals surface area (Å²) in [6.45, 7) is 11.9. The van der Waals surface area contributed by atoms with Crippen LogP contribution < -0.4 is 10.6 Å². The first kappa shape index (κ1) is 30.3. The first-order valence-corrected chi connectivity index (χ1v) is 12.9. The van der Waals surface area contributed by atoms with E-state index in [0.29, 0.717) is 18.7 Å². The molecule has 0 aliphatic carbocycles. The Bertz CT molecular complexity index is 806. The number of amides is 3. The predicted molar refractivity (Wildman–Crippen MR) is 138 cm³/mol. The number of nitrogens with one attached hydrogen (secondary N) is 2. The van der Waals surface area contributed by atoms with Crippen molar-refractivity contribution in [1.82, 2.24) is 15.5 Å². The number of benzene rings is 1. The minimum Gasteiger partial charge on any atom is -0.508 e. The van der Waals surface area contributed by atoms with E-state index in [1.807, 2.05) is 0 Å². The molecule has 35 heavy (non-hydrogen) atoms. The van der Waals surface area contributed by atoms with Crippen LogP contribution in [0.4, 0.5) is 4.79 Å². The van der Waals surface area contributed by atoms with Gasteiger partial charge in [0.05, 0.1) is 0 Å². The summed E-state index contributed by atoms with van der Waals surface area (Å²) in [5.74, 6) is -0.672. The molecule has 198 valence electrons. The topological polar surface area (TPSA) is 108 Å². The Balaban J connectivity index is 3.23. The Morgan fingerprint density at radius 3 is 2.29 bits per heavy atom. The zero-order valence-corrected chi connectivity index (χ0v) is 22.4. The summed E-state index contributed by atoms with van der Waals surface area (Å²) in [4.78, 5) is 40.8. The van der Waals surface area contributed by atoms with E-state index in [-0.39, 0.29) is 17.6 Å². The largest absolute Gasteiger partial charge is 0.508 e. The van der Waals surface area contributed by atoms with Crippen molar-refractivity contribution in [2.75, 3.05) is 13.1 Å². The molecule has 1 aromatic carbocycles. The molecule has 0 aliphatic heterocycles. The van der Waals surface area contributed by atoms with Gasteiger partial charge in [0.1, 0.15) is 23.4 Å². The van der Waals surface area contributed by atoms with Gasteiger partial charge in [0.25, 0.3) is 0 Å². The van der Waals surface area contributed by atoms with Crippen molar-refractivity contribution in [3.63, 3.8) is 0 Å². The van der Waals surface area contributed by atoms with E-state index < -0.39 is 23.8 Å².